The molecule has 1 amide bonds. The fourth-order valence-electron chi connectivity index (χ4n) is 4.62. The molecule has 2 aliphatic rings. The Balaban J connectivity index is 1.42. The third kappa shape index (κ3) is 5.18. The second kappa shape index (κ2) is 9.68. The van der Waals surface area contributed by atoms with E-state index in [4.69, 9.17) is 9.47 Å². The molecule has 31 heavy (non-hydrogen) atoms. The molecule has 8 heteroatoms. The lowest BCUT2D eigenvalue weighted by Gasteiger charge is -2.36. The van der Waals surface area contributed by atoms with E-state index in [0.717, 1.165) is 32.0 Å². The van der Waals surface area contributed by atoms with Gasteiger partial charge in [0.1, 0.15) is 23.4 Å². The summed E-state index contributed by atoms with van der Waals surface area (Å²) >= 11 is 0. The minimum absolute atomic E-state index is 0.116. The van der Waals surface area contributed by atoms with Gasteiger partial charge in [0.15, 0.2) is 5.82 Å². The Morgan fingerprint density at radius 1 is 1.23 bits per heavy atom. The molecule has 1 aliphatic heterocycles. The van der Waals surface area contributed by atoms with E-state index in [9.17, 15) is 4.79 Å². The second-order valence-corrected chi connectivity index (χ2v) is 8.63. The lowest BCUT2D eigenvalue weighted by atomic mass is 10.0. The molecule has 1 aromatic heterocycles. The van der Waals surface area contributed by atoms with E-state index in [1.165, 1.54) is 25.7 Å². The van der Waals surface area contributed by atoms with E-state index in [1.807, 2.05) is 26.0 Å². The Labute approximate surface area is 183 Å². The van der Waals surface area contributed by atoms with Crippen molar-refractivity contribution in [1.82, 2.24) is 25.4 Å². The largest absolute Gasteiger partial charge is 0.497 e. The number of ether oxygens (including phenoxy) is 2. The standard InChI is InChI=1S/C23H33N5O3/c1-15(22-25-16(2)26-27-22)24-23(29)20-14-19(30-3)8-9-21(20)31-18-10-12-28(13-11-18)17-6-4-5-7-17/h8-9,14-15,17-18H,4-7,10-13H2,1-3H3,(H,24,29)(H,25,26,27). The fourth-order valence-corrected chi connectivity index (χ4v) is 4.62. The van der Waals surface area contributed by atoms with Crippen LogP contribution in [0.25, 0.3) is 0 Å². The third-order valence-corrected chi connectivity index (χ3v) is 6.39. The van der Waals surface area contributed by atoms with Crippen LogP contribution in [0.3, 0.4) is 0 Å². The summed E-state index contributed by atoms with van der Waals surface area (Å²) in [6.45, 7) is 5.82. The molecule has 2 aromatic rings. The van der Waals surface area contributed by atoms with Crippen LogP contribution in [-0.4, -0.2) is 58.3 Å². The van der Waals surface area contributed by atoms with Crippen LogP contribution < -0.4 is 14.8 Å². The van der Waals surface area contributed by atoms with Crippen molar-refractivity contribution in [3.05, 3.63) is 35.4 Å². The molecule has 1 saturated heterocycles. The van der Waals surface area contributed by atoms with E-state index in [-0.39, 0.29) is 18.1 Å². The molecule has 1 aliphatic carbocycles. The normalized spacial score (nSPS) is 19.3. The molecule has 2 fully saturated rings. The summed E-state index contributed by atoms with van der Waals surface area (Å²) in [5, 5.41) is 9.92. The van der Waals surface area contributed by atoms with Crippen molar-refractivity contribution >= 4 is 5.91 Å². The van der Waals surface area contributed by atoms with Crippen LogP contribution >= 0.6 is 0 Å². The van der Waals surface area contributed by atoms with E-state index in [0.29, 0.717) is 28.7 Å². The number of rotatable bonds is 7. The number of amides is 1. The number of piperidine rings is 1. The van der Waals surface area contributed by atoms with Crippen LogP contribution in [0.5, 0.6) is 11.5 Å². The summed E-state index contributed by atoms with van der Waals surface area (Å²) in [5.41, 5.74) is 0.469. The zero-order chi connectivity index (χ0) is 21.8. The number of carbonyl (C=O) groups excluding carboxylic acids is 1. The van der Waals surface area contributed by atoms with Crippen molar-refractivity contribution < 1.29 is 14.3 Å². The lowest BCUT2D eigenvalue weighted by molar-refractivity contribution is 0.0748. The molecule has 0 radical (unpaired) electrons. The fraction of sp³-hybridized carbons (Fsp3) is 0.609. The van der Waals surface area contributed by atoms with Gasteiger partial charge < -0.3 is 19.7 Å². The monoisotopic (exact) mass is 427 g/mol. The first-order chi connectivity index (χ1) is 15.0. The van der Waals surface area contributed by atoms with Crippen LogP contribution in [-0.2, 0) is 0 Å². The Morgan fingerprint density at radius 2 is 1.97 bits per heavy atom. The molecule has 1 atom stereocenters. The molecule has 1 unspecified atom stereocenters. The van der Waals surface area contributed by atoms with Crippen LogP contribution in [0.1, 0.15) is 73.5 Å². The summed E-state index contributed by atoms with van der Waals surface area (Å²) in [7, 11) is 1.59. The van der Waals surface area contributed by atoms with Gasteiger partial charge in [-0.15, -0.1) is 0 Å². The minimum atomic E-state index is -0.328. The number of H-pyrrole nitrogens is 1. The number of methoxy groups -OCH3 is 1. The van der Waals surface area contributed by atoms with Crippen molar-refractivity contribution in [1.29, 1.82) is 0 Å². The maximum Gasteiger partial charge on any atom is 0.255 e. The van der Waals surface area contributed by atoms with E-state index >= 15 is 0 Å². The number of aromatic amines is 1. The average molecular weight is 428 g/mol. The summed E-state index contributed by atoms with van der Waals surface area (Å²) in [5.74, 6) is 2.25. The Bertz CT molecular complexity index is 885. The van der Waals surface area contributed by atoms with Crippen LogP contribution in [0.15, 0.2) is 18.2 Å². The van der Waals surface area contributed by atoms with Crippen molar-refractivity contribution in [3.63, 3.8) is 0 Å². The number of benzene rings is 1. The van der Waals surface area contributed by atoms with Gasteiger partial charge in [-0.05, 0) is 57.7 Å². The number of nitrogens with one attached hydrogen (secondary N) is 2. The van der Waals surface area contributed by atoms with Gasteiger partial charge in [-0.25, -0.2) is 4.98 Å². The predicted molar refractivity (Wildman–Crippen MR) is 117 cm³/mol. The van der Waals surface area contributed by atoms with Crippen molar-refractivity contribution in [3.8, 4) is 11.5 Å². The van der Waals surface area contributed by atoms with Gasteiger partial charge in [0.2, 0.25) is 0 Å². The second-order valence-electron chi connectivity index (χ2n) is 8.63. The van der Waals surface area contributed by atoms with Crippen molar-refractivity contribution in [2.75, 3.05) is 20.2 Å². The molecule has 0 bridgehead atoms. The highest BCUT2D eigenvalue weighted by Crippen LogP contribution is 2.30. The molecule has 8 nitrogen and oxygen atoms in total. The SMILES string of the molecule is COc1ccc(OC2CCN(C3CCCC3)CC2)c(C(=O)NC(C)c2n[nH]c(C)n2)c1. The first-order valence-corrected chi connectivity index (χ1v) is 11.3. The molecule has 1 aromatic carbocycles. The highest BCUT2D eigenvalue weighted by molar-refractivity contribution is 5.97. The van der Waals surface area contributed by atoms with Crippen LogP contribution in [0.4, 0.5) is 0 Å². The summed E-state index contributed by atoms with van der Waals surface area (Å²) in [6, 6.07) is 5.82. The minimum Gasteiger partial charge on any atom is -0.497 e. The zero-order valence-corrected chi connectivity index (χ0v) is 18.7. The lowest BCUT2D eigenvalue weighted by Crippen LogP contribution is -2.43. The third-order valence-electron chi connectivity index (χ3n) is 6.39. The number of carbonyl (C=O) groups is 1. The summed E-state index contributed by atoms with van der Waals surface area (Å²) in [4.78, 5) is 20.0. The quantitative estimate of drug-likeness (QED) is 0.704. The number of likely N-dealkylation sites (tertiary alicyclic amines) is 1. The van der Waals surface area contributed by atoms with Gasteiger partial charge in [0.05, 0.1) is 18.7 Å². The van der Waals surface area contributed by atoms with Gasteiger partial charge in [-0.1, -0.05) is 12.8 Å². The van der Waals surface area contributed by atoms with Gasteiger partial charge >= 0.3 is 0 Å². The molecule has 0 spiro atoms. The van der Waals surface area contributed by atoms with Crippen molar-refractivity contribution in [2.45, 2.75) is 70.6 Å². The van der Waals surface area contributed by atoms with Gasteiger partial charge in [-0.2, -0.15) is 5.10 Å². The molecular formula is C23H33N5O3. The first kappa shape index (κ1) is 21.6. The highest BCUT2D eigenvalue weighted by Gasteiger charge is 2.29. The Kier molecular flexibility index (Phi) is 6.75. The Morgan fingerprint density at radius 3 is 2.61 bits per heavy atom. The number of hydrogen-bond acceptors (Lipinski definition) is 6. The van der Waals surface area contributed by atoms with Crippen LogP contribution in [0.2, 0.25) is 0 Å². The number of aryl methyl sites for hydroxylation is 1. The van der Waals surface area contributed by atoms with Crippen molar-refractivity contribution in [2.24, 2.45) is 0 Å². The van der Waals surface area contributed by atoms with Gasteiger partial charge in [0.25, 0.3) is 5.91 Å². The summed E-state index contributed by atoms with van der Waals surface area (Å²) in [6.07, 6.45) is 7.46. The van der Waals surface area contributed by atoms with E-state index in [2.05, 4.69) is 25.4 Å². The Hall–Kier alpha value is -2.61. The summed E-state index contributed by atoms with van der Waals surface area (Å²) < 4.78 is 11.7. The predicted octanol–water partition coefficient (Wildman–Crippen LogP) is 3.40. The molecule has 168 valence electrons. The van der Waals surface area contributed by atoms with Gasteiger partial charge in [0, 0.05) is 19.1 Å². The molecule has 4 rings (SSSR count). The number of nitrogens with zero attached hydrogens (tertiary/aromatic N) is 3. The average Bonchev–Trinajstić information content (AvgIpc) is 3.46. The maximum absolute atomic E-state index is 13.1. The highest BCUT2D eigenvalue weighted by atomic mass is 16.5. The van der Waals surface area contributed by atoms with Crippen LogP contribution in [0, 0.1) is 6.92 Å². The molecular weight excluding hydrogens is 394 g/mol. The molecule has 1 saturated carbocycles. The molecule has 2 N–H and O–H groups in total. The number of hydrogen-bond donors (Lipinski definition) is 2. The number of aromatic nitrogens is 3. The topological polar surface area (TPSA) is 92.4 Å². The van der Waals surface area contributed by atoms with E-state index < -0.39 is 0 Å². The smallest absolute Gasteiger partial charge is 0.255 e. The maximum atomic E-state index is 13.1. The first-order valence-electron chi connectivity index (χ1n) is 11.3. The molecule has 2 heterocycles. The van der Waals surface area contributed by atoms with E-state index in [1.54, 1.807) is 13.2 Å². The van der Waals surface area contributed by atoms with Gasteiger partial charge in [-0.3, -0.25) is 9.89 Å². The zero-order valence-electron chi connectivity index (χ0n) is 18.7.